The third kappa shape index (κ3) is 5.36. The summed E-state index contributed by atoms with van der Waals surface area (Å²) in [5.74, 6) is 0.885. The largest absolute Gasteiger partial charge is 0.497 e. The first-order valence-electron chi connectivity index (χ1n) is 5.86. The zero-order chi connectivity index (χ0) is 12.5. The van der Waals surface area contributed by atoms with Gasteiger partial charge in [0.15, 0.2) is 0 Å². The van der Waals surface area contributed by atoms with Crippen molar-refractivity contribution in [2.75, 3.05) is 26.7 Å². The Hall–Kier alpha value is -1.55. The molecule has 0 unspecified atom stereocenters. The highest BCUT2D eigenvalue weighted by molar-refractivity contribution is 5.77. The van der Waals surface area contributed by atoms with Crippen LogP contribution in [0.4, 0.5) is 0 Å². The summed E-state index contributed by atoms with van der Waals surface area (Å²) in [5.41, 5.74) is 1.16. The molecule has 0 aliphatic carbocycles. The van der Waals surface area contributed by atoms with Gasteiger partial charge in [-0.15, -0.1) is 0 Å². The minimum atomic E-state index is 0.0368. The van der Waals surface area contributed by atoms with E-state index in [1.54, 1.807) is 7.11 Å². The monoisotopic (exact) mass is 236 g/mol. The van der Waals surface area contributed by atoms with E-state index in [0.29, 0.717) is 13.1 Å². The van der Waals surface area contributed by atoms with E-state index in [4.69, 9.17) is 4.74 Å². The molecular formula is C13H20N2O2. The Morgan fingerprint density at radius 1 is 1.41 bits per heavy atom. The van der Waals surface area contributed by atoms with Crippen LogP contribution in [0.2, 0.25) is 0 Å². The molecule has 0 radical (unpaired) electrons. The van der Waals surface area contributed by atoms with Crippen molar-refractivity contribution in [2.45, 2.75) is 13.3 Å². The van der Waals surface area contributed by atoms with Crippen molar-refractivity contribution < 1.29 is 9.53 Å². The molecule has 0 heterocycles. The van der Waals surface area contributed by atoms with E-state index >= 15 is 0 Å². The SMILES string of the molecule is CCNCC(=O)NCCc1cccc(OC)c1. The van der Waals surface area contributed by atoms with E-state index in [1.165, 1.54) is 0 Å². The molecule has 0 spiro atoms. The van der Waals surface area contributed by atoms with Crippen LogP contribution in [-0.4, -0.2) is 32.7 Å². The zero-order valence-electron chi connectivity index (χ0n) is 10.5. The van der Waals surface area contributed by atoms with E-state index in [1.807, 2.05) is 31.2 Å². The van der Waals surface area contributed by atoms with Crippen molar-refractivity contribution in [3.05, 3.63) is 29.8 Å². The fraction of sp³-hybridized carbons (Fsp3) is 0.462. The molecule has 0 aromatic heterocycles. The van der Waals surface area contributed by atoms with Crippen molar-refractivity contribution in [1.29, 1.82) is 0 Å². The average molecular weight is 236 g/mol. The molecule has 0 atom stereocenters. The summed E-state index contributed by atoms with van der Waals surface area (Å²) in [6.07, 6.45) is 0.815. The number of rotatable bonds is 7. The van der Waals surface area contributed by atoms with Gasteiger partial charge in [0.25, 0.3) is 0 Å². The molecule has 1 rings (SSSR count). The Labute approximate surface area is 102 Å². The molecule has 0 aliphatic rings. The molecule has 0 saturated heterocycles. The second kappa shape index (κ2) is 7.68. The van der Waals surface area contributed by atoms with E-state index in [-0.39, 0.29) is 5.91 Å². The smallest absolute Gasteiger partial charge is 0.233 e. The first kappa shape index (κ1) is 13.5. The predicted molar refractivity (Wildman–Crippen MR) is 68.3 cm³/mol. The first-order valence-corrected chi connectivity index (χ1v) is 5.86. The normalized spacial score (nSPS) is 10.0. The van der Waals surface area contributed by atoms with Crippen molar-refractivity contribution >= 4 is 5.91 Å². The molecule has 0 fully saturated rings. The Morgan fingerprint density at radius 3 is 2.94 bits per heavy atom. The molecule has 1 amide bonds. The molecule has 0 aliphatic heterocycles. The average Bonchev–Trinajstić information content (AvgIpc) is 2.36. The second-order valence-electron chi connectivity index (χ2n) is 3.73. The van der Waals surface area contributed by atoms with Crippen molar-refractivity contribution in [2.24, 2.45) is 0 Å². The molecule has 0 bridgehead atoms. The summed E-state index contributed by atoms with van der Waals surface area (Å²) in [7, 11) is 1.65. The molecule has 0 saturated carbocycles. The van der Waals surface area contributed by atoms with Gasteiger partial charge in [-0.1, -0.05) is 19.1 Å². The summed E-state index contributed by atoms with van der Waals surface area (Å²) in [4.78, 5) is 11.3. The molecule has 1 aromatic rings. The first-order chi connectivity index (χ1) is 8.26. The quantitative estimate of drug-likeness (QED) is 0.741. The summed E-state index contributed by atoms with van der Waals surface area (Å²) in [6, 6.07) is 7.87. The second-order valence-corrected chi connectivity index (χ2v) is 3.73. The van der Waals surface area contributed by atoms with Crippen molar-refractivity contribution in [3.63, 3.8) is 0 Å². The molecule has 1 aromatic carbocycles. The number of amides is 1. The van der Waals surface area contributed by atoms with Crippen LogP contribution in [0.1, 0.15) is 12.5 Å². The van der Waals surface area contributed by atoms with Crippen molar-refractivity contribution in [1.82, 2.24) is 10.6 Å². The van der Waals surface area contributed by atoms with Gasteiger partial charge < -0.3 is 15.4 Å². The van der Waals surface area contributed by atoms with Crippen LogP contribution in [0, 0.1) is 0 Å². The number of carbonyl (C=O) groups is 1. The fourth-order valence-corrected chi connectivity index (χ4v) is 1.48. The van der Waals surface area contributed by atoms with E-state index < -0.39 is 0 Å². The van der Waals surface area contributed by atoms with Crippen LogP contribution >= 0.6 is 0 Å². The van der Waals surface area contributed by atoms with Crippen LogP contribution in [0.3, 0.4) is 0 Å². The Balaban J connectivity index is 2.28. The summed E-state index contributed by atoms with van der Waals surface area (Å²) < 4.78 is 5.14. The predicted octanol–water partition coefficient (Wildman–Crippen LogP) is 0.963. The highest BCUT2D eigenvalue weighted by Gasteiger charge is 2.00. The summed E-state index contributed by atoms with van der Waals surface area (Å²) in [6.45, 7) is 3.82. The van der Waals surface area contributed by atoms with Crippen LogP contribution in [0.5, 0.6) is 5.75 Å². The topological polar surface area (TPSA) is 50.4 Å². The van der Waals surface area contributed by atoms with Gasteiger partial charge in [0.1, 0.15) is 5.75 Å². The summed E-state index contributed by atoms with van der Waals surface area (Å²) >= 11 is 0. The number of carbonyl (C=O) groups excluding carboxylic acids is 1. The molecule has 4 heteroatoms. The standard InChI is InChI=1S/C13H20N2O2/c1-3-14-10-13(16)15-8-7-11-5-4-6-12(9-11)17-2/h4-6,9,14H,3,7-8,10H2,1-2H3,(H,15,16). The lowest BCUT2D eigenvalue weighted by atomic mass is 10.1. The Morgan fingerprint density at radius 2 is 2.24 bits per heavy atom. The minimum Gasteiger partial charge on any atom is -0.497 e. The number of nitrogens with one attached hydrogen (secondary N) is 2. The van der Waals surface area contributed by atoms with Gasteiger partial charge in [-0.3, -0.25) is 4.79 Å². The fourth-order valence-electron chi connectivity index (χ4n) is 1.48. The lowest BCUT2D eigenvalue weighted by molar-refractivity contribution is -0.120. The lowest BCUT2D eigenvalue weighted by Crippen LogP contribution is -2.34. The highest BCUT2D eigenvalue weighted by Crippen LogP contribution is 2.12. The van der Waals surface area contributed by atoms with Gasteiger partial charge in [-0.25, -0.2) is 0 Å². The maximum Gasteiger partial charge on any atom is 0.233 e. The number of ether oxygens (including phenoxy) is 1. The van der Waals surface area contributed by atoms with Gasteiger partial charge in [0.05, 0.1) is 13.7 Å². The van der Waals surface area contributed by atoms with E-state index in [2.05, 4.69) is 10.6 Å². The van der Waals surface area contributed by atoms with E-state index in [0.717, 1.165) is 24.3 Å². The van der Waals surface area contributed by atoms with Gasteiger partial charge in [-0.05, 0) is 30.7 Å². The molecular weight excluding hydrogens is 216 g/mol. The zero-order valence-corrected chi connectivity index (χ0v) is 10.5. The van der Waals surface area contributed by atoms with Crippen LogP contribution < -0.4 is 15.4 Å². The number of hydrogen-bond donors (Lipinski definition) is 2. The highest BCUT2D eigenvalue weighted by atomic mass is 16.5. The summed E-state index contributed by atoms with van der Waals surface area (Å²) in [5, 5.41) is 5.84. The molecule has 17 heavy (non-hydrogen) atoms. The Bertz CT molecular complexity index is 353. The number of benzene rings is 1. The third-order valence-electron chi connectivity index (χ3n) is 2.41. The molecule has 4 nitrogen and oxygen atoms in total. The maximum atomic E-state index is 11.3. The number of hydrogen-bond acceptors (Lipinski definition) is 3. The van der Waals surface area contributed by atoms with Crippen LogP contribution in [0.15, 0.2) is 24.3 Å². The van der Waals surface area contributed by atoms with Crippen LogP contribution in [0.25, 0.3) is 0 Å². The van der Waals surface area contributed by atoms with Gasteiger partial charge in [0, 0.05) is 6.54 Å². The van der Waals surface area contributed by atoms with Gasteiger partial charge in [-0.2, -0.15) is 0 Å². The van der Waals surface area contributed by atoms with E-state index in [9.17, 15) is 4.79 Å². The van der Waals surface area contributed by atoms with Crippen LogP contribution in [-0.2, 0) is 11.2 Å². The number of likely N-dealkylation sites (N-methyl/N-ethyl adjacent to an activating group) is 1. The van der Waals surface area contributed by atoms with Gasteiger partial charge >= 0.3 is 0 Å². The maximum absolute atomic E-state index is 11.3. The van der Waals surface area contributed by atoms with Gasteiger partial charge in [0.2, 0.25) is 5.91 Å². The van der Waals surface area contributed by atoms with Crippen molar-refractivity contribution in [3.8, 4) is 5.75 Å². The molecule has 94 valence electrons. The molecule has 2 N–H and O–H groups in total. The number of methoxy groups -OCH3 is 1. The third-order valence-corrected chi connectivity index (χ3v) is 2.41. The Kier molecular flexibility index (Phi) is 6.10. The lowest BCUT2D eigenvalue weighted by Gasteiger charge is -2.06. The minimum absolute atomic E-state index is 0.0368.